The molecule has 2 aromatic heterocycles. The van der Waals surface area contributed by atoms with Gasteiger partial charge in [0.1, 0.15) is 5.56 Å². The van der Waals surface area contributed by atoms with Crippen LogP contribution in [0.5, 0.6) is 0 Å². The van der Waals surface area contributed by atoms with Gasteiger partial charge in [0.15, 0.2) is 0 Å². The van der Waals surface area contributed by atoms with E-state index in [1.807, 2.05) is 42.5 Å². The molecular weight excluding hydrogens is 431 g/mol. The predicted molar refractivity (Wildman–Crippen MR) is 105 cm³/mol. The van der Waals surface area contributed by atoms with Gasteiger partial charge in [-0.1, -0.05) is 18.2 Å². The number of fused-ring (bicyclic) bond motifs is 2. The Balaban J connectivity index is 2.23. The number of aromatic nitrogens is 2. The van der Waals surface area contributed by atoms with Crippen LogP contribution < -0.4 is 5.56 Å². The van der Waals surface area contributed by atoms with Crippen molar-refractivity contribution in [3.8, 4) is 5.69 Å². The van der Waals surface area contributed by atoms with Crippen LogP contribution in [0.1, 0.15) is 10.4 Å². The average molecular weight is 442 g/mol. The number of carboxylic acids is 1. The lowest BCUT2D eigenvalue weighted by atomic mass is 10.1. The van der Waals surface area contributed by atoms with Gasteiger partial charge in [-0.2, -0.15) is 0 Å². The van der Waals surface area contributed by atoms with Crippen LogP contribution in [0.25, 0.3) is 27.4 Å². The van der Waals surface area contributed by atoms with Crippen LogP contribution in [0.2, 0.25) is 0 Å². The van der Waals surface area contributed by atoms with Gasteiger partial charge in [0.05, 0.1) is 11.2 Å². The van der Waals surface area contributed by atoms with Crippen molar-refractivity contribution >= 4 is 50.2 Å². The van der Waals surface area contributed by atoms with Crippen LogP contribution in [0.15, 0.2) is 65.7 Å². The molecule has 0 radical (unpaired) electrons. The maximum absolute atomic E-state index is 12.9. The summed E-state index contributed by atoms with van der Waals surface area (Å²) in [5.41, 5.74) is 0.511. The molecule has 122 valence electrons. The summed E-state index contributed by atoms with van der Waals surface area (Å²) < 4.78 is 2.44. The molecule has 0 amide bonds. The first-order chi connectivity index (χ1) is 12.1. The van der Waals surface area contributed by atoms with Crippen molar-refractivity contribution in [2.45, 2.75) is 0 Å². The maximum atomic E-state index is 12.9. The molecule has 0 aliphatic carbocycles. The molecule has 0 aliphatic heterocycles. The normalized spacial score (nSPS) is 11.1. The van der Waals surface area contributed by atoms with E-state index in [1.54, 1.807) is 12.4 Å². The summed E-state index contributed by atoms with van der Waals surface area (Å²) in [4.78, 5) is 28.6. The molecule has 1 N–H and O–H groups in total. The third-order valence-electron chi connectivity index (χ3n) is 4.10. The summed E-state index contributed by atoms with van der Waals surface area (Å²) in [5, 5.41) is 11.9. The number of hydrogen-bond donors (Lipinski definition) is 1. The number of carbonyl (C=O) groups is 1. The standard InChI is InChI=1S/C19H11IN2O3/c20-13-5-4-11-8-15(19(24)25)18(23)22(17(11)9-13)16-3-1-2-12-10-21-7-6-14(12)16/h1-10H,(H,24,25). The zero-order valence-corrected chi connectivity index (χ0v) is 15.0. The summed E-state index contributed by atoms with van der Waals surface area (Å²) >= 11 is 2.17. The smallest absolute Gasteiger partial charge is 0.341 e. The quantitative estimate of drug-likeness (QED) is 0.479. The minimum Gasteiger partial charge on any atom is -0.477 e. The molecule has 4 rings (SSSR count). The number of carboxylic acid groups (broad SMARTS) is 1. The number of rotatable bonds is 2. The zero-order chi connectivity index (χ0) is 17.6. The third-order valence-corrected chi connectivity index (χ3v) is 4.77. The Hall–Kier alpha value is -2.74. The molecule has 2 aromatic carbocycles. The Kier molecular flexibility index (Phi) is 3.76. The van der Waals surface area contributed by atoms with Gasteiger partial charge in [0.2, 0.25) is 0 Å². The zero-order valence-electron chi connectivity index (χ0n) is 12.8. The van der Waals surface area contributed by atoms with E-state index in [4.69, 9.17) is 0 Å². The van der Waals surface area contributed by atoms with E-state index < -0.39 is 11.5 Å². The van der Waals surface area contributed by atoms with Crippen molar-refractivity contribution in [1.29, 1.82) is 0 Å². The van der Waals surface area contributed by atoms with Crippen molar-refractivity contribution in [3.05, 3.63) is 80.4 Å². The molecule has 4 aromatic rings. The van der Waals surface area contributed by atoms with E-state index in [2.05, 4.69) is 27.6 Å². The Morgan fingerprint density at radius 2 is 1.92 bits per heavy atom. The summed E-state index contributed by atoms with van der Waals surface area (Å²) in [5.74, 6) is -1.24. The summed E-state index contributed by atoms with van der Waals surface area (Å²) in [7, 11) is 0. The fourth-order valence-electron chi connectivity index (χ4n) is 2.97. The highest BCUT2D eigenvalue weighted by atomic mass is 127. The monoisotopic (exact) mass is 442 g/mol. The van der Waals surface area contributed by atoms with E-state index in [0.717, 1.165) is 14.3 Å². The van der Waals surface area contributed by atoms with Crippen LogP contribution in [0, 0.1) is 3.57 Å². The summed E-state index contributed by atoms with van der Waals surface area (Å²) in [6.45, 7) is 0. The molecular formula is C19H11IN2O3. The van der Waals surface area contributed by atoms with Gasteiger partial charge in [-0.3, -0.25) is 14.3 Å². The lowest BCUT2D eigenvalue weighted by Crippen LogP contribution is -2.25. The Morgan fingerprint density at radius 1 is 1.08 bits per heavy atom. The lowest BCUT2D eigenvalue weighted by molar-refractivity contribution is 0.0695. The van der Waals surface area contributed by atoms with Gasteiger partial charge >= 0.3 is 5.97 Å². The van der Waals surface area contributed by atoms with E-state index in [1.165, 1.54) is 10.6 Å². The number of nitrogens with zero attached hydrogens (tertiary/aromatic N) is 2. The highest BCUT2D eigenvalue weighted by Crippen LogP contribution is 2.25. The number of aromatic carboxylic acids is 1. The van der Waals surface area contributed by atoms with Crippen LogP contribution in [0.4, 0.5) is 0 Å². The third kappa shape index (κ3) is 2.58. The Morgan fingerprint density at radius 3 is 2.72 bits per heavy atom. The molecule has 0 saturated carbocycles. The summed E-state index contributed by atoms with van der Waals surface area (Å²) in [6, 6.07) is 14.4. The van der Waals surface area contributed by atoms with Crippen molar-refractivity contribution in [1.82, 2.24) is 9.55 Å². The number of hydrogen-bond acceptors (Lipinski definition) is 3. The second kappa shape index (κ2) is 5.96. The fourth-order valence-corrected chi connectivity index (χ4v) is 3.45. The van der Waals surface area contributed by atoms with E-state index >= 15 is 0 Å². The molecule has 25 heavy (non-hydrogen) atoms. The molecule has 2 heterocycles. The van der Waals surface area contributed by atoms with Gasteiger partial charge < -0.3 is 5.11 Å². The molecule has 6 heteroatoms. The second-order valence-corrected chi connectivity index (χ2v) is 6.83. The SMILES string of the molecule is O=C(O)c1cc2ccc(I)cc2n(-c2cccc3cnccc23)c1=O. The first-order valence-electron chi connectivity index (χ1n) is 7.48. The van der Waals surface area contributed by atoms with Gasteiger partial charge in [0, 0.05) is 26.7 Å². The molecule has 0 spiro atoms. The highest BCUT2D eigenvalue weighted by Gasteiger charge is 2.17. The number of benzene rings is 2. The topological polar surface area (TPSA) is 72.2 Å². The van der Waals surface area contributed by atoms with Gasteiger partial charge in [0.25, 0.3) is 5.56 Å². The van der Waals surface area contributed by atoms with Crippen LogP contribution >= 0.6 is 22.6 Å². The maximum Gasteiger partial charge on any atom is 0.341 e. The fraction of sp³-hybridized carbons (Fsp3) is 0. The first-order valence-corrected chi connectivity index (χ1v) is 8.56. The second-order valence-electron chi connectivity index (χ2n) is 5.58. The number of halogens is 1. The minimum atomic E-state index is -1.24. The molecule has 0 bridgehead atoms. The average Bonchev–Trinajstić information content (AvgIpc) is 2.61. The predicted octanol–water partition coefficient (Wildman–Crippen LogP) is 3.84. The number of pyridine rings is 2. The molecule has 5 nitrogen and oxygen atoms in total. The van der Waals surface area contributed by atoms with Gasteiger partial charge in [-0.15, -0.1) is 0 Å². The van der Waals surface area contributed by atoms with Crippen molar-refractivity contribution in [2.24, 2.45) is 0 Å². The highest BCUT2D eigenvalue weighted by molar-refractivity contribution is 14.1. The van der Waals surface area contributed by atoms with E-state index in [0.29, 0.717) is 16.6 Å². The van der Waals surface area contributed by atoms with Crippen LogP contribution in [-0.4, -0.2) is 20.6 Å². The Bertz CT molecular complexity index is 1210. The van der Waals surface area contributed by atoms with Crippen molar-refractivity contribution < 1.29 is 9.90 Å². The van der Waals surface area contributed by atoms with Gasteiger partial charge in [-0.25, -0.2) is 4.79 Å². The Labute approximate surface area is 155 Å². The van der Waals surface area contributed by atoms with Crippen molar-refractivity contribution in [2.75, 3.05) is 0 Å². The molecule has 0 aliphatic rings. The summed E-state index contributed by atoms with van der Waals surface area (Å²) in [6.07, 6.45) is 3.38. The van der Waals surface area contributed by atoms with Crippen LogP contribution in [-0.2, 0) is 0 Å². The minimum absolute atomic E-state index is 0.250. The van der Waals surface area contributed by atoms with Crippen LogP contribution in [0.3, 0.4) is 0 Å². The molecule has 0 atom stereocenters. The molecule has 0 saturated heterocycles. The molecule has 0 fully saturated rings. The largest absolute Gasteiger partial charge is 0.477 e. The van der Waals surface area contributed by atoms with E-state index in [-0.39, 0.29) is 5.56 Å². The van der Waals surface area contributed by atoms with E-state index in [9.17, 15) is 14.7 Å². The van der Waals surface area contributed by atoms with Gasteiger partial charge in [-0.05, 0) is 58.3 Å². The lowest BCUT2D eigenvalue weighted by Gasteiger charge is -2.14. The first kappa shape index (κ1) is 15.8. The van der Waals surface area contributed by atoms with Crippen molar-refractivity contribution in [3.63, 3.8) is 0 Å². The molecule has 0 unspecified atom stereocenters.